The molecule has 0 aromatic carbocycles. The highest BCUT2D eigenvalue weighted by Crippen LogP contribution is 2.62. The second-order valence-corrected chi connectivity index (χ2v) is 13.5. The number of aromatic amines is 1. The monoisotopic (exact) mass is 681 g/mol. The number of H-pyrrole nitrogens is 1. The molecule has 9 N–H and O–H groups in total. The molecule has 11 atom stereocenters. The fourth-order valence-corrected chi connectivity index (χ4v) is 7.79. The second-order valence-electron chi connectivity index (χ2n) is 8.81. The van der Waals surface area contributed by atoms with Crippen molar-refractivity contribution in [1.29, 1.82) is 0 Å². The maximum absolute atomic E-state index is 12.7. The fraction of sp³-hybridized carbons (Fsp3) is 0.632. The number of phosphoric ester groups is 2. The number of ether oxygens (including phenoxy) is 1. The highest BCUT2D eigenvalue weighted by Gasteiger charge is 2.50. The zero-order chi connectivity index (χ0) is 31.4. The molecule has 2 saturated heterocycles. The summed E-state index contributed by atoms with van der Waals surface area (Å²) in [5, 5.41) is 51.7. The first kappa shape index (κ1) is 35.1. The molecule has 3 heterocycles. The maximum Gasteiger partial charge on any atom is 0.482 e. The van der Waals surface area contributed by atoms with Gasteiger partial charge in [0.15, 0.2) is 6.23 Å². The highest BCUT2D eigenvalue weighted by atomic mass is 32.2. The first-order valence-corrected chi connectivity index (χ1v) is 16.4. The van der Waals surface area contributed by atoms with Crippen molar-refractivity contribution in [3.05, 3.63) is 45.3 Å². The van der Waals surface area contributed by atoms with Crippen molar-refractivity contribution in [3.63, 3.8) is 0 Å². The van der Waals surface area contributed by atoms with E-state index in [4.69, 9.17) is 9.26 Å². The summed E-state index contributed by atoms with van der Waals surface area (Å²) in [5.41, 5.74) is -3.46. The Kier molecular flexibility index (Phi) is 12.2. The molecule has 2 aliphatic rings. The summed E-state index contributed by atoms with van der Waals surface area (Å²) in [6, 6.07) is -0.644. The number of carbonyl (C=O) groups excluding carboxylic acids is 1. The molecule has 23 heteroatoms. The largest absolute Gasteiger partial charge is 0.482 e. The summed E-state index contributed by atoms with van der Waals surface area (Å²) in [7, 11) is -11.1. The number of thioether (sulfide) groups is 1. The number of hydrogen-bond donors (Lipinski definition) is 10. The first-order valence-electron chi connectivity index (χ1n) is 11.8. The Bertz CT molecular complexity index is 1340. The average molecular weight is 682 g/mol. The van der Waals surface area contributed by atoms with Crippen LogP contribution in [0.3, 0.4) is 0 Å². The minimum Gasteiger partial charge on any atom is -0.395 e. The zero-order valence-electron chi connectivity index (χ0n) is 21.1. The molecule has 19 nitrogen and oxygen atoms in total. The summed E-state index contributed by atoms with van der Waals surface area (Å²) < 4.78 is 44.9. The second kappa shape index (κ2) is 14.6. The summed E-state index contributed by atoms with van der Waals surface area (Å²) in [5.74, 6) is -0.647. The molecule has 0 bridgehead atoms. The third-order valence-corrected chi connectivity index (χ3v) is 10.3. The van der Waals surface area contributed by atoms with Gasteiger partial charge in [0.1, 0.15) is 29.9 Å². The molecule has 3 rings (SSSR count). The summed E-state index contributed by atoms with van der Waals surface area (Å²) in [4.78, 5) is 57.5. The van der Waals surface area contributed by atoms with Gasteiger partial charge in [-0.2, -0.15) is 16.9 Å². The van der Waals surface area contributed by atoms with Crippen LogP contribution in [0.5, 0.6) is 0 Å². The molecule has 42 heavy (non-hydrogen) atoms. The average Bonchev–Trinajstić information content (AvgIpc) is 3.18. The van der Waals surface area contributed by atoms with Crippen molar-refractivity contribution in [1.82, 2.24) is 14.9 Å². The summed E-state index contributed by atoms with van der Waals surface area (Å²) in [6.45, 7) is -1.75. The van der Waals surface area contributed by atoms with E-state index in [-0.39, 0.29) is 5.75 Å². The summed E-state index contributed by atoms with van der Waals surface area (Å²) >= 11 is 4.41. The molecular weight excluding hydrogens is 652 g/mol. The lowest BCUT2D eigenvalue weighted by molar-refractivity contribution is -0.120. The van der Waals surface area contributed by atoms with Crippen LogP contribution in [0.2, 0.25) is 0 Å². The van der Waals surface area contributed by atoms with Gasteiger partial charge in [-0.05, 0) is 6.08 Å². The number of phosphoric acid groups is 2. The maximum atomic E-state index is 12.7. The molecular formula is C19H29N3O16P2S2. The lowest BCUT2D eigenvalue weighted by Gasteiger charge is -2.41. The van der Waals surface area contributed by atoms with Crippen LogP contribution in [0.1, 0.15) is 6.23 Å². The number of carbonyl (C=O) groups is 1. The van der Waals surface area contributed by atoms with Crippen molar-refractivity contribution in [2.75, 3.05) is 19.0 Å². The Morgan fingerprint density at radius 3 is 2.45 bits per heavy atom. The Morgan fingerprint density at radius 1 is 1.14 bits per heavy atom. The summed E-state index contributed by atoms with van der Waals surface area (Å²) in [6.07, 6.45) is -6.82. The van der Waals surface area contributed by atoms with Gasteiger partial charge in [0.2, 0.25) is 5.91 Å². The SMILES string of the molecule is O=C(/C=C/CS)N[C@@H]1[C@@H](O)[C@H](O)[C@@H](CO)S[C@@H]1OP(=O)(O)OP(=O)(O)OC[C@H]1O[C@@H](n2ccc(=O)[nH]c2=O)[C@H](O)[C@@H]1O. The topological polar surface area (TPSA) is 297 Å². The Balaban J connectivity index is 1.67. The smallest absolute Gasteiger partial charge is 0.395 e. The van der Waals surface area contributed by atoms with E-state index in [1.165, 1.54) is 6.08 Å². The van der Waals surface area contributed by atoms with Crippen LogP contribution < -0.4 is 16.6 Å². The number of rotatable bonds is 12. The molecule has 2 fully saturated rings. The standard InChI is InChI=1S/C19H29N3O16P2S2/c23-6-9-14(27)15(28)12(20-10(24)2-1-5-41)18(42-9)37-40(33,34)38-39(31,32)35-7-8-13(26)16(29)17(36-8)22-4-3-11(25)21-19(22)30/h1-4,8-9,12-18,23,26-29,41H,5-7H2,(H,20,24)(H,31,32)(H,33,34)(H,21,25,30)/b2-1+/t8-,9-,12-,13-,14-,15-,16-,17-,18+/m1/s1. The number of amides is 1. The van der Waals surface area contributed by atoms with Gasteiger partial charge in [-0.25, -0.2) is 13.9 Å². The van der Waals surface area contributed by atoms with Gasteiger partial charge in [-0.1, -0.05) is 6.08 Å². The lowest BCUT2D eigenvalue weighted by atomic mass is 10.0. The number of aromatic nitrogens is 2. The van der Waals surface area contributed by atoms with Crippen molar-refractivity contribution < 1.29 is 67.3 Å². The van der Waals surface area contributed by atoms with Crippen molar-refractivity contribution in [2.24, 2.45) is 0 Å². The van der Waals surface area contributed by atoms with Gasteiger partial charge in [0.05, 0.1) is 30.6 Å². The van der Waals surface area contributed by atoms with Gasteiger partial charge in [-0.3, -0.25) is 28.2 Å². The van der Waals surface area contributed by atoms with Crippen molar-refractivity contribution in [2.45, 2.75) is 53.5 Å². The molecule has 1 aromatic heterocycles. The quantitative estimate of drug-likeness (QED) is 0.0582. The van der Waals surface area contributed by atoms with E-state index in [0.717, 1.165) is 22.9 Å². The van der Waals surface area contributed by atoms with Crippen LogP contribution in [0.4, 0.5) is 0 Å². The van der Waals surface area contributed by atoms with E-state index in [1.54, 1.807) is 0 Å². The number of aliphatic hydroxyl groups is 5. The highest BCUT2D eigenvalue weighted by molar-refractivity contribution is 8.00. The molecule has 0 aliphatic carbocycles. The van der Waals surface area contributed by atoms with Gasteiger partial charge in [0, 0.05) is 18.0 Å². The molecule has 1 amide bonds. The van der Waals surface area contributed by atoms with E-state index in [2.05, 4.69) is 26.8 Å². The molecule has 1 aromatic rings. The predicted molar refractivity (Wildman–Crippen MR) is 144 cm³/mol. The van der Waals surface area contributed by atoms with Crippen molar-refractivity contribution in [3.8, 4) is 0 Å². The number of thiol groups is 1. The third-order valence-electron chi connectivity index (χ3n) is 5.87. The van der Waals surface area contributed by atoms with Gasteiger partial charge in [-0.15, -0.1) is 11.8 Å². The van der Waals surface area contributed by atoms with Crippen molar-refractivity contribution >= 4 is 45.9 Å². The molecule has 2 unspecified atom stereocenters. The predicted octanol–water partition coefficient (Wildman–Crippen LogP) is -3.47. The molecule has 238 valence electrons. The van der Waals surface area contributed by atoms with Gasteiger partial charge >= 0.3 is 21.3 Å². The van der Waals surface area contributed by atoms with E-state index in [0.29, 0.717) is 11.8 Å². The number of aliphatic hydroxyl groups excluding tert-OH is 5. The fourth-order valence-electron chi connectivity index (χ4n) is 3.89. The Labute approximate surface area is 245 Å². The van der Waals surface area contributed by atoms with Crippen LogP contribution in [-0.2, 0) is 32.0 Å². The van der Waals surface area contributed by atoms with Crippen LogP contribution in [0.25, 0.3) is 0 Å². The van der Waals surface area contributed by atoms with Crippen LogP contribution in [-0.4, -0.2) is 117 Å². The minimum atomic E-state index is -5.57. The first-order chi connectivity index (χ1) is 19.6. The Hall–Kier alpha value is -1.39. The normalized spacial score (nSPS) is 34.6. The van der Waals surface area contributed by atoms with E-state index < -0.39 is 99.5 Å². The molecule has 0 spiro atoms. The molecule has 0 saturated carbocycles. The van der Waals surface area contributed by atoms with E-state index in [1.807, 2.05) is 4.98 Å². The van der Waals surface area contributed by atoms with Gasteiger partial charge < -0.3 is 45.4 Å². The number of nitrogens with zero attached hydrogens (tertiary/aromatic N) is 1. The number of nitrogens with one attached hydrogen (secondary N) is 2. The van der Waals surface area contributed by atoms with Crippen LogP contribution in [0, 0.1) is 0 Å². The van der Waals surface area contributed by atoms with Gasteiger partial charge in [0.25, 0.3) is 5.56 Å². The Morgan fingerprint density at radius 2 is 1.83 bits per heavy atom. The lowest BCUT2D eigenvalue weighted by Crippen LogP contribution is -2.60. The third kappa shape index (κ3) is 8.84. The minimum absolute atomic E-state index is 0.171. The molecule has 0 radical (unpaired) electrons. The molecule has 2 aliphatic heterocycles. The number of hydrogen-bond acceptors (Lipinski definition) is 16. The zero-order valence-corrected chi connectivity index (χ0v) is 24.6. The van der Waals surface area contributed by atoms with Crippen LogP contribution in [0.15, 0.2) is 34.0 Å². The van der Waals surface area contributed by atoms with E-state index >= 15 is 0 Å². The van der Waals surface area contributed by atoms with E-state index in [9.17, 15) is 58.8 Å². The van der Waals surface area contributed by atoms with Crippen LogP contribution >= 0.6 is 40.0 Å².